The number of aromatic amines is 1. The smallest absolute Gasteiger partial charge is 0.251 e. The van der Waals surface area contributed by atoms with E-state index in [1.807, 2.05) is 62.4 Å². The second-order valence-corrected chi connectivity index (χ2v) is 6.35. The fourth-order valence-corrected chi connectivity index (χ4v) is 2.70. The third-order valence-corrected chi connectivity index (χ3v) is 3.78. The van der Waals surface area contributed by atoms with E-state index < -0.39 is 0 Å². The molecule has 0 radical (unpaired) electrons. The molecule has 1 heterocycles. The molecule has 0 amide bonds. The summed E-state index contributed by atoms with van der Waals surface area (Å²) in [4.78, 5) is 18.9. The standard InChI is InChI=1S/C22H22N2O2/c1-16(2)26-20-10-6-9-18(15-20)14-19(13-17-7-4-3-5-8-17)22-23-12-11-21(25)24-22/h3-12,14-16H,13H2,1-2H3,(H,23,24,25)/b19-14-. The van der Waals surface area contributed by atoms with Crippen molar-refractivity contribution in [3.05, 3.63) is 94.2 Å². The summed E-state index contributed by atoms with van der Waals surface area (Å²) in [6.45, 7) is 4.00. The number of nitrogens with zero attached hydrogens (tertiary/aromatic N) is 1. The molecule has 1 aromatic heterocycles. The summed E-state index contributed by atoms with van der Waals surface area (Å²) in [5.41, 5.74) is 2.93. The Morgan fingerprint density at radius 2 is 1.92 bits per heavy atom. The minimum Gasteiger partial charge on any atom is -0.491 e. The molecule has 0 fully saturated rings. The predicted molar refractivity (Wildman–Crippen MR) is 105 cm³/mol. The Bertz CT molecular complexity index is 943. The highest BCUT2D eigenvalue weighted by molar-refractivity contribution is 5.80. The Balaban J connectivity index is 1.99. The molecule has 0 aliphatic heterocycles. The van der Waals surface area contributed by atoms with Gasteiger partial charge in [0.15, 0.2) is 0 Å². The molecule has 0 aliphatic carbocycles. The summed E-state index contributed by atoms with van der Waals surface area (Å²) in [5, 5.41) is 0. The number of benzene rings is 2. The van der Waals surface area contributed by atoms with Gasteiger partial charge in [-0.05, 0) is 48.8 Å². The van der Waals surface area contributed by atoms with Crippen LogP contribution in [0.1, 0.15) is 30.8 Å². The summed E-state index contributed by atoms with van der Waals surface area (Å²) < 4.78 is 5.78. The Morgan fingerprint density at radius 1 is 1.12 bits per heavy atom. The number of hydrogen-bond donors (Lipinski definition) is 1. The minimum atomic E-state index is -0.161. The first-order valence-corrected chi connectivity index (χ1v) is 8.67. The van der Waals surface area contributed by atoms with E-state index in [0.29, 0.717) is 12.2 Å². The van der Waals surface area contributed by atoms with Gasteiger partial charge in [0, 0.05) is 18.7 Å². The molecular weight excluding hydrogens is 324 g/mol. The SMILES string of the molecule is CC(C)Oc1cccc(/C=C(/Cc2ccccc2)c2nccc(=O)[nH]2)c1. The number of allylic oxidation sites excluding steroid dienone is 1. The number of aromatic nitrogens is 2. The maximum atomic E-state index is 11.7. The third-order valence-electron chi connectivity index (χ3n) is 3.78. The van der Waals surface area contributed by atoms with Crippen LogP contribution in [0.4, 0.5) is 0 Å². The summed E-state index contributed by atoms with van der Waals surface area (Å²) in [6.07, 6.45) is 4.36. The summed E-state index contributed by atoms with van der Waals surface area (Å²) in [7, 11) is 0. The fraction of sp³-hybridized carbons (Fsp3) is 0.182. The van der Waals surface area contributed by atoms with Crippen molar-refractivity contribution >= 4 is 11.6 Å². The zero-order valence-electron chi connectivity index (χ0n) is 15.0. The van der Waals surface area contributed by atoms with Gasteiger partial charge in [0.1, 0.15) is 11.6 Å². The first-order chi connectivity index (χ1) is 12.6. The van der Waals surface area contributed by atoms with Crippen molar-refractivity contribution in [1.29, 1.82) is 0 Å². The molecule has 1 N–H and O–H groups in total. The molecule has 0 unspecified atom stereocenters. The Hall–Kier alpha value is -3.14. The second-order valence-electron chi connectivity index (χ2n) is 6.35. The maximum Gasteiger partial charge on any atom is 0.251 e. The topological polar surface area (TPSA) is 55.0 Å². The number of hydrogen-bond acceptors (Lipinski definition) is 3. The van der Waals surface area contributed by atoms with Crippen molar-refractivity contribution in [2.75, 3.05) is 0 Å². The van der Waals surface area contributed by atoms with Gasteiger partial charge in [-0.3, -0.25) is 4.79 Å². The van der Waals surface area contributed by atoms with Crippen LogP contribution >= 0.6 is 0 Å². The molecule has 0 saturated carbocycles. The highest BCUT2D eigenvalue weighted by Gasteiger charge is 2.07. The lowest BCUT2D eigenvalue weighted by Crippen LogP contribution is -2.09. The van der Waals surface area contributed by atoms with Gasteiger partial charge in [-0.2, -0.15) is 0 Å². The van der Waals surface area contributed by atoms with Gasteiger partial charge in [-0.15, -0.1) is 0 Å². The van der Waals surface area contributed by atoms with E-state index in [1.54, 1.807) is 0 Å². The van der Waals surface area contributed by atoms with Gasteiger partial charge in [0.05, 0.1) is 6.10 Å². The normalized spacial score (nSPS) is 11.6. The molecule has 2 aromatic carbocycles. The van der Waals surface area contributed by atoms with Gasteiger partial charge in [0.2, 0.25) is 0 Å². The van der Waals surface area contributed by atoms with Crippen molar-refractivity contribution in [1.82, 2.24) is 9.97 Å². The van der Waals surface area contributed by atoms with Gasteiger partial charge >= 0.3 is 0 Å². The molecular formula is C22H22N2O2. The fourth-order valence-electron chi connectivity index (χ4n) is 2.70. The average molecular weight is 346 g/mol. The molecule has 26 heavy (non-hydrogen) atoms. The van der Waals surface area contributed by atoms with Crippen LogP contribution in [0.25, 0.3) is 11.6 Å². The van der Waals surface area contributed by atoms with Crippen LogP contribution < -0.4 is 10.3 Å². The first-order valence-electron chi connectivity index (χ1n) is 8.67. The van der Waals surface area contributed by atoms with E-state index in [9.17, 15) is 4.79 Å². The van der Waals surface area contributed by atoms with Crippen molar-refractivity contribution < 1.29 is 4.74 Å². The van der Waals surface area contributed by atoms with Crippen LogP contribution in [0.15, 0.2) is 71.7 Å². The number of nitrogens with one attached hydrogen (secondary N) is 1. The minimum absolute atomic E-state index is 0.116. The zero-order chi connectivity index (χ0) is 18.4. The molecule has 0 spiro atoms. The van der Waals surface area contributed by atoms with Crippen molar-refractivity contribution in [2.24, 2.45) is 0 Å². The lowest BCUT2D eigenvalue weighted by Gasteiger charge is -2.11. The molecule has 0 saturated heterocycles. The number of ether oxygens (including phenoxy) is 1. The Labute approximate surface area is 153 Å². The summed E-state index contributed by atoms with van der Waals surface area (Å²) in [6, 6.07) is 19.5. The lowest BCUT2D eigenvalue weighted by molar-refractivity contribution is 0.242. The van der Waals surface area contributed by atoms with Crippen LogP contribution in [-0.4, -0.2) is 16.1 Å². The molecule has 0 atom stereocenters. The van der Waals surface area contributed by atoms with Crippen LogP contribution in [0.3, 0.4) is 0 Å². The van der Waals surface area contributed by atoms with E-state index in [-0.39, 0.29) is 11.7 Å². The van der Waals surface area contributed by atoms with Crippen molar-refractivity contribution in [2.45, 2.75) is 26.4 Å². The monoisotopic (exact) mass is 346 g/mol. The summed E-state index contributed by atoms with van der Waals surface area (Å²) >= 11 is 0. The van der Waals surface area contributed by atoms with Gasteiger partial charge in [-0.25, -0.2) is 4.98 Å². The van der Waals surface area contributed by atoms with Gasteiger partial charge in [-0.1, -0.05) is 42.5 Å². The zero-order valence-corrected chi connectivity index (χ0v) is 15.0. The molecule has 132 valence electrons. The van der Waals surface area contributed by atoms with Gasteiger partial charge in [0.25, 0.3) is 5.56 Å². The molecule has 0 aliphatic rings. The van der Waals surface area contributed by atoms with E-state index in [1.165, 1.54) is 12.3 Å². The van der Waals surface area contributed by atoms with Crippen molar-refractivity contribution in [3.8, 4) is 5.75 Å². The van der Waals surface area contributed by atoms with E-state index in [2.05, 4.69) is 22.1 Å². The molecule has 3 rings (SSSR count). The highest BCUT2D eigenvalue weighted by Crippen LogP contribution is 2.22. The predicted octanol–water partition coefficient (Wildman–Crippen LogP) is 4.34. The van der Waals surface area contributed by atoms with Crippen LogP contribution in [0.2, 0.25) is 0 Å². The Morgan fingerprint density at radius 3 is 2.65 bits per heavy atom. The van der Waals surface area contributed by atoms with Crippen molar-refractivity contribution in [3.63, 3.8) is 0 Å². The van der Waals surface area contributed by atoms with E-state index in [0.717, 1.165) is 22.4 Å². The average Bonchev–Trinajstić information content (AvgIpc) is 2.62. The van der Waals surface area contributed by atoms with E-state index >= 15 is 0 Å². The van der Waals surface area contributed by atoms with Crippen LogP contribution in [0, 0.1) is 0 Å². The maximum absolute atomic E-state index is 11.7. The Kier molecular flexibility index (Phi) is 5.64. The molecule has 4 heteroatoms. The van der Waals surface area contributed by atoms with E-state index in [4.69, 9.17) is 4.74 Å². The molecule has 0 bridgehead atoms. The quantitative estimate of drug-likeness (QED) is 0.722. The second kappa shape index (κ2) is 8.30. The number of rotatable bonds is 6. The third kappa shape index (κ3) is 4.93. The lowest BCUT2D eigenvalue weighted by atomic mass is 10.0. The molecule has 3 aromatic rings. The largest absolute Gasteiger partial charge is 0.491 e. The molecule has 4 nitrogen and oxygen atoms in total. The first kappa shape index (κ1) is 17.7. The van der Waals surface area contributed by atoms with Crippen LogP contribution in [-0.2, 0) is 6.42 Å². The highest BCUT2D eigenvalue weighted by atomic mass is 16.5. The van der Waals surface area contributed by atoms with Gasteiger partial charge < -0.3 is 9.72 Å². The number of H-pyrrole nitrogens is 1. The summed E-state index contributed by atoms with van der Waals surface area (Å²) in [5.74, 6) is 1.40. The van der Waals surface area contributed by atoms with Crippen LogP contribution in [0.5, 0.6) is 5.75 Å².